The van der Waals surface area contributed by atoms with Gasteiger partial charge in [0.15, 0.2) is 5.75 Å². The molecule has 0 aromatic heterocycles. The van der Waals surface area contributed by atoms with Crippen molar-refractivity contribution in [2.45, 2.75) is 37.1 Å². The molecule has 1 atom stereocenters. The summed E-state index contributed by atoms with van der Waals surface area (Å²) >= 11 is 0. The smallest absolute Gasteiger partial charge is 0.365 e. The second-order valence-corrected chi connectivity index (χ2v) is 9.66. The SMILES string of the molecule is O=C(N[C@H](CN1CCCC1)c1ccccc1)C1(c2ccc3c(c2)NS(=O)(=O)O3)CC1.S. The van der Waals surface area contributed by atoms with Crippen LogP contribution in [0.2, 0.25) is 0 Å². The number of amides is 1. The number of carbonyl (C=O) groups excluding carboxylic acids is 1. The number of anilines is 1. The first-order chi connectivity index (χ1) is 14.5. The summed E-state index contributed by atoms with van der Waals surface area (Å²) in [6.07, 6.45) is 3.89. The van der Waals surface area contributed by atoms with Gasteiger partial charge in [-0.2, -0.15) is 21.9 Å². The predicted molar refractivity (Wildman–Crippen MR) is 124 cm³/mol. The molecule has 1 saturated carbocycles. The summed E-state index contributed by atoms with van der Waals surface area (Å²) in [5, 5.41) is 3.29. The minimum Gasteiger partial charge on any atom is -0.365 e. The molecule has 0 bridgehead atoms. The molecule has 0 radical (unpaired) electrons. The van der Waals surface area contributed by atoms with Crippen molar-refractivity contribution < 1.29 is 17.4 Å². The molecule has 2 heterocycles. The quantitative estimate of drug-likeness (QED) is 0.691. The first-order valence-electron chi connectivity index (χ1n) is 10.4. The van der Waals surface area contributed by atoms with Crippen molar-refractivity contribution >= 4 is 35.4 Å². The number of nitrogens with zero attached hydrogens (tertiary/aromatic N) is 1. The Hall–Kier alpha value is -2.23. The van der Waals surface area contributed by atoms with Gasteiger partial charge in [-0.3, -0.25) is 4.79 Å². The van der Waals surface area contributed by atoms with Crippen LogP contribution in [0.5, 0.6) is 5.75 Å². The molecular formula is C22H27N3O4S2. The van der Waals surface area contributed by atoms with Gasteiger partial charge in [0.05, 0.1) is 17.1 Å². The average molecular weight is 462 g/mol. The van der Waals surface area contributed by atoms with Crippen molar-refractivity contribution in [2.75, 3.05) is 24.4 Å². The molecule has 2 aromatic carbocycles. The lowest BCUT2D eigenvalue weighted by atomic mass is 9.93. The van der Waals surface area contributed by atoms with Crippen molar-refractivity contribution in [3.05, 3.63) is 59.7 Å². The summed E-state index contributed by atoms with van der Waals surface area (Å²) in [5.74, 6) is 0.267. The van der Waals surface area contributed by atoms with Crippen LogP contribution in [0, 0.1) is 0 Å². The fraction of sp³-hybridized carbons (Fsp3) is 0.409. The molecule has 3 aliphatic rings. The number of benzene rings is 2. The Balaban J connectivity index is 0.00000231. The van der Waals surface area contributed by atoms with Crippen LogP contribution in [0.3, 0.4) is 0 Å². The molecule has 2 aliphatic heterocycles. The molecule has 166 valence electrons. The van der Waals surface area contributed by atoms with E-state index in [1.807, 2.05) is 18.2 Å². The topological polar surface area (TPSA) is 87.7 Å². The second kappa shape index (κ2) is 8.37. The van der Waals surface area contributed by atoms with E-state index in [9.17, 15) is 13.2 Å². The Morgan fingerprint density at radius 3 is 2.52 bits per heavy atom. The molecule has 2 fully saturated rings. The van der Waals surface area contributed by atoms with Crippen LogP contribution in [0.25, 0.3) is 0 Å². The predicted octanol–water partition coefficient (Wildman–Crippen LogP) is 2.83. The minimum atomic E-state index is -3.79. The number of carbonyl (C=O) groups is 1. The highest BCUT2D eigenvalue weighted by atomic mass is 32.2. The molecule has 2 aromatic rings. The van der Waals surface area contributed by atoms with Crippen molar-refractivity contribution in [3.8, 4) is 5.75 Å². The normalized spacial score (nSPS) is 21.2. The van der Waals surface area contributed by atoms with Crippen LogP contribution < -0.4 is 14.2 Å². The van der Waals surface area contributed by atoms with E-state index in [1.54, 1.807) is 18.2 Å². The van der Waals surface area contributed by atoms with Crippen molar-refractivity contribution in [1.29, 1.82) is 0 Å². The van der Waals surface area contributed by atoms with Gasteiger partial charge < -0.3 is 14.4 Å². The summed E-state index contributed by atoms with van der Waals surface area (Å²) in [7, 11) is -3.79. The molecule has 31 heavy (non-hydrogen) atoms. The monoisotopic (exact) mass is 461 g/mol. The maximum absolute atomic E-state index is 13.4. The van der Waals surface area contributed by atoms with Gasteiger partial charge in [-0.25, -0.2) is 4.72 Å². The van der Waals surface area contributed by atoms with E-state index >= 15 is 0 Å². The Labute approximate surface area is 189 Å². The number of rotatable bonds is 6. The zero-order chi connectivity index (χ0) is 20.8. The number of fused-ring (bicyclic) bond motifs is 1. The van der Waals surface area contributed by atoms with Gasteiger partial charge in [0.25, 0.3) is 0 Å². The second-order valence-electron chi connectivity index (χ2n) is 8.38. The van der Waals surface area contributed by atoms with Crippen LogP contribution in [-0.4, -0.2) is 38.9 Å². The van der Waals surface area contributed by atoms with Crippen LogP contribution in [-0.2, 0) is 20.5 Å². The molecule has 1 amide bonds. The maximum Gasteiger partial charge on any atom is 0.407 e. The van der Waals surface area contributed by atoms with Crippen LogP contribution in [0.4, 0.5) is 5.69 Å². The van der Waals surface area contributed by atoms with E-state index < -0.39 is 15.7 Å². The molecule has 7 nitrogen and oxygen atoms in total. The Morgan fingerprint density at radius 2 is 1.84 bits per heavy atom. The first-order valence-corrected chi connectivity index (χ1v) is 11.8. The highest BCUT2D eigenvalue weighted by Gasteiger charge is 2.52. The highest BCUT2D eigenvalue weighted by Crippen LogP contribution is 2.50. The summed E-state index contributed by atoms with van der Waals surface area (Å²) in [6, 6.07) is 15.2. The summed E-state index contributed by atoms with van der Waals surface area (Å²) in [4.78, 5) is 15.8. The lowest BCUT2D eigenvalue weighted by Crippen LogP contribution is -2.41. The third kappa shape index (κ3) is 4.40. The van der Waals surface area contributed by atoms with Crippen LogP contribution >= 0.6 is 13.5 Å². The third-order valence-corrected chi connectivity index (χ3v) is 7.17. The van der Waals surface area contributed by atoms with Crippen LogP contribution in [0.15, 0.2) is 48.5 Å². The molecular weight excluding hydrogens is 434 g/mol. The molecule has 2 N–H and O–H groups in total. The van der Waals surface area contributed by atoms with Gasteiger partial charge >= 0.3 is 10.3 Å². The lowest BCUT2D eigenvalue weighted by Gasteiger charge is -2.27. The molecule has 5 rings (SSSR count). The fourth-order valence-electron chi connectivity index (χ4n) is 4.47. The summed E-state index contributed by atoms with van der Waals surface area (Å²) in [6.45, 7) is 2.92. The largest absolute Gasteiger partial charge is 0.407 e. The Bertz CT molecular complexity index is 1070. The van der Waals surface area contributed by atoms with E-state index in [0.29, 0.717) is 5.69 Å². The molecule has 0 spiro atoms. The van der Waals surface area contributed by atoms with E-state index in [2.05, 4.69) is 27.1 Å². The van der Waals surface area contributed by atoms with Crippen molar-refractivity contribution in [1.82, 2.24) is 10.2 Å². The highest BCUT2D eigenvalue weighted by molar-refractivity contribution is 7.88. The van der Waals surface area contributed by atoms with Gasteiger partial charge in [-0.05, 0) is 62.0 Å². The van der Waals surface area contributed by atoms with Crippen molar-refractivity contribution in [2.24, 2.45) is 0 Å². The first kappa shape index (κ1) is 22.0. The summed E-state index contributed by atoms with van der Waals surface area (Å²) < 4.78 is 30.6. The van der Waals surface area contributed by atoms with Crippen LogP contribution in [0.1, 0.15) is 42.9 Å². The zero-order valence-electron chi connectivity index (χ0n) is 17.1. The van der Waals surface area contributed by atoms with E-state index in [1.165, 1.54) is 12.8 Å². The van der Waals surface area contributed by atoms with E-state index in [4.69, 9.17) is 4.18 Å². The van der Waals surface area contributed by atoms with E-state index in [-0.39, 0.29) is 31.2 Å². The van der Waals surface area contributed by atoms with Gasteiger partial charge in [0.2, 0.25) is 5.91 Å². The average Bonchev–Trinajstić information content (AvgIpc) is 3.26. The van der Waals surface area contributed by atoms with Gasteiger partial charge in [0.1, 0.15) is 0 Å². The standard InChI is InChI=1S/C22H25N3O4S.H2S/c26-21(23-19(15-25-12-4-5-13-25)16-6-2-1-3-7-16)22(10-11-22)17-8-9-20-18(14-17)24-30(27,28)29-20;/h1-3,6-9,14,19,24H,4-5,10-13,15H2,(H,23,26);1H2/t19-;/m1./s1. The molecule has 1 saturated heterocycles. The number of hydrogen-bond acceptors (Lipinski definition) is 5. The number of nitrogens with one attached hydrogen (secondary N) is 2. The zero-order valence-corrected chi connectivity index (χ0v) is 19.0. The minimum absolute atomic E-state index is 0. The van der Waals surface area contributed by atoms with Gasteiger partial charge in [-0.1, -0.05) is 36.4 Å². The summed E-state index contributed by atoms with van der Waals surface area (Å²) in [5.41, 5.74) is 1.70. The lowest BCUT2D eigenvalue weighted by molar-refractivity contribution is -0.124. The number of likely N-dealkylation sites (tertiary alicyclic amines) is 1. The molecule has 1 aliphatic carbocycles. The third-order valence-electron chi connectivity index (χ3n) is 6.30. The molecule has 9 heteroatoms. The van der Waals surface area contributed by atoms with E-state index in [0.717, 1.165) is 43.6 Å². The Kier molecular flexibility index (Phi) is 5.93. The van der Waals surface area contributed by atoms with Gasteiger partial charge in [0, 0.05) is 6.54 Å². The Morgan fingerprint density at radius 1 is 1.13 bits per heavy atom. The number of hydrogen-bond donors (Lipinski definition) is 2. The maximum atomic E-state index is 13.4. The molecule has 0 unspecified atom stereocenters. The van der Waals surface area contributed by atoms with Gasteiger partial charge in [-0.15, -0.1) is 0 Å². The fourth-order valence-corrected chi connectivity index (χ4v) is 5.32. The van der Waals surface area contributed by atoms with Crippen molar-refractivity contribution in [3.63, 3.8) is 0 Å².